The average Bonchev–Trinajstić information content (AvgIpc) is 2.68. The zero-order valence-electron chi connectivity index (χ0n) is 15.9. The third-order valence-electron chi connectivity index (χ3n) is 4.68. The molecule has 9 heteroatoms. The molecule has 0 bridgehead atoms. The van der Waals surface area contributed by atoms with Gasteiger partial charge in [0.05, 0.1) is 4.90 Å². The normalized spacial score (nSPS) is 15.0. The maximum atomic E-state index is 12.8. The average molecular weight is 480 g/mol. The highest BCUT2D eigenvalue weighted by Gasteiger charge is 2.24. The van der Waals surface area contributed by atoms with Crippen molar-refractivity contribution >= 4 is 43.5 Å². The van der Waals surface area contributed by atoms with Crippen LogP contribution in [-0.2, 0) is 14.8 Å². The van der Waals surface area contributed by atoms with Crippen molar-refractivity contribution in [3.8, 4) is 0 Å². The lowest BCUT2D eigenvalue weighted by Gasteiger charge is -2.32. The summed E-state index contributed by atoms with van der Waals surface area (Å²) in [4.78, 5) is 25.8. The van der Waals surface area contributed by atoms with Gasteiger partial charge in [-0.3, -0.25) is 14.3 Å². The molecule has 2 aromatic rings. The lowest BCUT2D eigenvalue weighted by molar-refractivity contribution is -0.119. The van der Waals surface area contributed by atoms with Gasteiger partial charge < -0.3 is 10.2 Å². The summed E-state index contributed by atoms with van der Waals surface area (Å²) >= 11 is 3.28. The highest BCUT2D eigenvalue weighted by atomic mass is 79.9. The van der Waals surface area contributed by atoms with Gasteiger partial charge in [-0.2, -0.15) is 0 Å². The summed E-state index contributed by atoms with van der Waals surface area (Å²) < 4.78 is 28.4. The van der Waals surface area contributed by atoms with Crippen molar-refractivity contribution in [3.63, 3.8) is 0 Å². The summed E-state index contributed by atoms with van der Waals surface area (Å²) in [5.41, 5.74) is 0.742. The minimum Gasteiger partial charge on any atom is -0.353 e. The van der Waals surface area contributed by atoms with E-state index in [2.05, 4.69) is 26.0 Å². The van der Waals surface area contributed by atoms with Crippen LogP contribution in [0.1, 0.15) is 30.1 Å². The van der Waals surface area contributed by atoms with E-state index in [9.17, 15) is 18.0 Å². The molecule has 154 valence electrons. The number of benzene rings is 2. The number of piperidine rings is 1. The third-order valence-corrected chi connectivity index (χ3v) is 6.60. The molecule has 1 aliphatic rings. The Labute approximate surface area is 178 Å². The summed E-state index contributed by atoms with van der Waals surface area (Å²) in [5, 5.41) is 2.88. The van der Waals surface area contributed by atoms with E-state index in [0.29, 0.717) is 37.2 Å². The Morgan fingerprint density at radius 1 is 1.07 bits per heavy atom. The highest BCUT2D eigenvalue weighted by molar-refractivity contribution is 9.10. The Morgan fingerprint density at radius 3 is 2.34 bits per heavy atom. The van der Waals surface area contributed by atoms with Gasteiger partial charge in [0.2, 0.25) is 5.91 Å². The molecule has 7 nitrogen and oxygen atoms in total. The Bertz CT molecular complexity index is 1000. The molecule has 29 heavy (non-hydrogen) atoms. The SMILES string of the molecule is CC(=O)NC1CCN(C(=O)c2cccc(NS(=O)(=O)c3ccc(Br)cc3)c2)CC1. The van der Waals surface area contributed by atoms with Gasteiger partial charge >= 0.3 is 0 Å². The quantitative estimate of drug-likeness (QED) is 0.688. The third kappa shape index (κ3) is 5.57. The van der Waals surface area contributed by atoms with Gasteiger partial charge in [0.1, 0.15) is 0 Å². The zero-order valence-corrected chi connectivity index (χ0v) is 18.3. The number of likely N-dealkylation sites (tertiary alicyclic amines) is 1. The van der Waals surface area contributed by atoms with Crippen LogP contribution in [0.4, 0.5) is 5.69 Å². The minimum atomic E-state index is -3.75. The molecular weight excluding hydrogens is 458 g/mol. The Hall–Kier alpha value is -2.39. The van der Waals surface area contributed by atoms with Crippen LogP contribution in [0, 0.1) is 0 Å². The van der Waals surface area contributed by atoms with E-state index < -0.39 is 10.0 Å². The number of rotatable bonds is 5. The molecule has 2 N–H and O–H groups in total. The van der Waals surface area contributed by atoms with E-state index in [1.165, 1.54) is 19.1 Å². The Morgan fingerprint density at radius 2 is 1.72 bits per heavy atom. The van der Waals surface area contributed by atoms with Crippen molar-refractivity contribution in [2.75, 3.05) is 17.8 Å². The van der Waals surface area contributed by atoms with Gasteiger partial charge in [-0.25, -0.2) is 8.42 Å². The van der Waals surface area contributed by atoms with Crippen molar-refractivity contribution < 1.29 is 18.0 Å². The maximum absolute atomic E-state index is 12.8. The maximum Gasteiger partial charge on any atom is 0.261 e. The van der Waals surface area contributed by atoms with Gasteiger partial charge in [-0.1, -0.05) is 22.0 Å². The predicted octanol–water partition coefficient (Wildman–Crippen LogP) is 2.99. The number of sulfonamides is 1. The number of hydrogen-bond donors (Lipinski definition) is 2. The van der Waals surface area contributed by atoms with Crippen molar-refractivity contribution in [1.29, 1.82) is 0 Å². The van der Waals surface area contributed by atoms with E-state index in [4.69, 9.17) is 0 Å². The van der Waals surface area contributed by atoms with E-state index in [-0.39, 0.29) is 22.8 Å². The van der Waals surface area contributed by atoms with Gasteiger partial charge in [0.25, 0.3) is 15.9 Å². The van der Waals surface area contributed by atoms with Gasteiger partial charge in [0, 0.05) is 41.8 Å². The molecule has 0 radical (unpaired) electrons. The first-order chi connectivity index (χ1) is 13.7. The number of halogens is 1. The second-order valence-corrected chi connectivity index (χ2v) is 9.51. The molecule has 1 fully saturated rings. The summed E-state index contributed by atoms with van der Waals surface area (Å²) in [6.45, 7) is 2.57. The number of nitrogens with zero attached hydrogens (tertiary/aromatic N) is 1. The Kier molecular flexibility index (Phi) is 6.59. The second kappa shape index (κ2) is 8.96. The largest absolute Gasteiger partial charge is 0.353 e. The number of hydrogen-bond acceptors (Lipinski definition) is 4. The summed E-state index contributed by atoms with van der Waals surface area (Å²) in [5.74, 6) is -0.225. The lowest BCUT2D eigenvalue weighted by Crippen LogP contribution is -2.46. The van der Waals surface area contributed by atoms with Crippen molar-refractivity contribution in [1.82, 2.24) is 10.2 Å². The number of nitrogens with one attached hydrogen (secondary N) is 2. The summed E-state index contributed by atoms with van der Waals surface area (Å²) in [6, 6.07) is 12.9. The first-order valence-corrected chi connectivity index (χ1v) is 11.5. The van der Waals surface area contributed by atoms with Crippen LogP contribution >= 0.6 is 15.9 Å². The summed E-state index contributed by atoms with van der Waals surface area (Å²) in [6.07, 6.45) is 1.39. The summed E-state index contributed by atoms with van der Waals surface area (Å²) in [7, 11) is -3.75. The molecule has 0 atom stereocenters. The molecule has 0 aliphatic carbocycles. The predicted molar refractivity (Wildman–Crippen MR) is 114 cm³/mol. The molecule has 1 aliphatic heterocycles. The van der Waals surface area contributed by atoms with Crippen LogP contribution in [0.25, 0.3) is 0 Å². The lowest BCUT2D eigenvalue weighted by atomic mass is 10.0. The standard InChI is InChI=1S/C20H22BrN3O4S/c1-14(25)22-17-9-11-24(12-10-17)20(26)15-3-2-4-18(13-15)23-29(27,28)19-7-5-16(21)6-8-19/h2-8,13,17,23H,9-12H2,1H3,(H,22,25). The fraction of sp³-hybridized carbons (Fsp3) is 0.300. The molecule has 0 saturated carbocycles. The van der Waals surface area contributed by atoms with Crippen molar-refractivity contribution in [2.24, 2.45) is 0 Å². The van der Waals surface area contributed by atoms with E-state index in [0.717, 1.165) is 4.47 Å². The molecule has 0 spiro atoms. The van der Waals surface area contributed by atoms with Crippen molar-refractivity contribution in [2.45, 2.75) is 30.7 Å². The molecule has 3 rings (SSSR count). The fourth-order valence-corrected chi connectivity index (χ4v) is 4.55. The minimum absolute atomic E-state index is 0.0689. The Balaban J connectivity index is 1.68. The number of carbonyl (C=O) groups excluding carboxylic acids is 2. The van der Waals surface area contributed by atoms with Gasteiger partial charge in [0.15, 0.2) is 0 Å². The number of amides is 2. The van der Waals surface area contributed by atoms with Crippen LogP contribution in [0.5, 0.6) is 0 Å². The second-order valence-electron chi connectivity index (χ2n) is 6.91. The molecular formula is C20H22BrN3O4S. The fourth-order valence-electron chi connectivity index (χ4n) is 3.24. The van der Waals surface area contributed by atoms with Crippen LogP contribution < -0.4 is 10.0 Å². The molecule has 1 saturated heterocycles. The van der Waals surface area contributed by atoms with E-state index in [1.807, 2.05) is 0 Å². The molecule has 0 unspecified atom stereocenters. The van der Waals surface area contributed by atoms with Gasteiger partial charge in [-0.05, 0) is 55.3 Å². The number of carbonyl (C=O) groups is 2. The molecule has 0 aromatic heterocycles. The molecule has 2 aromatic carbocycles. The van der Waals surface area contributed by atoms with Crippen LogP contribution in [0.2, 0.25) is 0 Å². The van der Waals surface area contributed by atoms with Crippen LogP contribution in [0.3, 0.4) is 0 Å². The van der Waals surface area contributed by atoms with Crippen LogP contribution in [-0.4, -0.2) is 44.3 Å². The smallest absolute Gasteiger partial charge is 0.261 e. The van der Waals surface area contributed by atoms with E-state index >= 15 is 0 Å². The highest BCUT2D eigenvalue weighted by Crippen LogP contribution is 2.21. The first kappa shape index (κ1) is 21.3. The first-order valence-electron chi connectivity index (χ1n) is 9.19. The zero-order chi connectivity index (χ0) is 21.0. The van der Waals surface area contributed by atoms with Crippen LogP contribution in [0.15, 0.2) is 57.9 Å². The monoisotopic (exact) mass is 479 g/mol. The molecule has 1 heterocycles. The van der Waals surface area contributed by atoms with Gasteiger partial charge in [-0.15, -0.1) is 0 Å². The topological polar surface area (TPSA) is 95.6 Å². The van der Waals surface area contributed by atoms with E-state index in [1.54, 1.807) is 41.3 Å². The molecule has 2 amide bonds. The van der Waals surface area contributed by atoms with Crippen molar-refractivity contribution in [3.05, 3.63) is 58.6 Å². The number of anilines is 1.